The van der Waals surface area contributed by atoms with E-state index in [1.54, 1.807) is 6.92 Å². The van der Waals surface area contributed by atoms with Crippen LogP contribution in [0.4, 0.5) is 0 Å². The van der Waals surface area contributed by atoms with Gasteiger partial charge < -0.3 is 14.3 Å². The quantitative estimate of drug-likeness (QED) is 0.194. The number of carbonyl (C=O) groups excluding carboxylic acids is 1. The highest BCUT2D eigenvalue weighted by atomic mass is 16.5. The molecule has 1 aliphatic heterocycles. The first-order valence-corrected chi connectivity index (χ1v) is 15.4. The molecular formula is C34H58O3. The molecule has 37 heavy (non-hydrogen) atoms. The minimum atomic E-state index is -0.0782. The maximum absolute atomic E-state index is 11.3. The molecule has 0 saturated heterocycles. The van der Waals surface area contributed by atoms with Gasteiger partial charge in [-0.3, -0.25) is 0 Å². The zero-order chi connectivity index (χ0) is 27.6. The number of hydrogen-bond donors (Lipinski definition) is 0. The van der Waals surface area contributed by atoms with Gasteiger partial charge in [0.05, 0.1) is 6.61 Å². The van der Waals surface area contributed by atoms with Gasteiger partial charge in [0, 0.05) is 12.0 Å². The number of Topliss-reactive ketones (excluding diaryl/α,β-unsaturated/α-hetero) is 1. The van der Waals surface area contributed by atoms with E-state index >= 15 is 0 Å². The van der Waals surface area contributed by atoms with Crippen LogP contribution in [0, 0.1) is 38.5 Å². The molecule has 0 bridgehead atoms. The Balaban J connectivity index is 1.82. The molecule has 3 nitrogen and oxygen atoms in total. The molecule has 1 heterocycles. The largest absolute Gasteiger partial charge is 0.493 e. The van der Waals surface area contributed by atoms with Gasteiger partial charge in [-0.2, -0.15) is 0 Å². The van der Waals surface area contributed by atoms with Gasteiger partial charge in [-0.05, 0) is 101 Å². The van der Waals surface area contributed by atoms with Crippen LogP contribution >= 0.6 is 0 Å². The van der Waals surface area contributed by atoms with Crippen molar-refractivity contribution in [3.63, 3.8) is 0 Å². The molecule has 212 valence electrons. The van der Waals surface area contributed by atoms with Crippen LogP contribution < -0.4 is 9.47 Å². The minimum absolute atomic E-state index is 0.0782. The average molecular weight is 515 g/mol. The summed E-state index contributed by atoms with van der Waals surface area (Å²) in [6, 6.07) is 0. The number of carbonyl (C=O) groups is 1. The summed E-state index contributed by atoms with van der Waals surface area (Å²) in [5, 5.41) is 0. The maximum atomic E-state index is 11.3. The van der Waals surface area contributed by atoms with Gasteiger partial charge >= 0.3 is 0 Å². The van der Waals surface area contributed by atoms with E-state index in [9.17, 15) is 4.79 Å². The van der Waals surface area contributed by atoms with Crippen LogP contribution in [-0.2, 0) is 11.2 Å². The van der Waals surface area contributed by atoms with E-state index in [2.05, 4.69) is 55.4 Å². The van der Waals surface area contributed by atoms with Crippen LogP contribution in [0.1, 0.15) is 141 Å². The summed E-state index contributed by atoms with van der Waals surface area (Å²) in [6.45, 7) is 20.6. The third kappa shape index (κ3) is 10.3. The SMILES string of the molecule is CC(=O)CCCOc1c(C)c(C)c2c(c1C)CC[C@@](C)(CCC[C@H](C)CCC[C@H](C)CCCC(C)C)O2. The van der Waals surface area contributed by atoms with Crippen molar-refractivity contribution in [2.45, 2.75) is 151 Å². The maximum Gasteiger partial charge on any atom is 0.129 e. The number of fused-ring (bicyclic) bond motifs is 1. The smallest absolute Gasteiger partial charge is 0.129 e. The van der Waals surface area contributed by atoms with Crippen molar-refractivity contribution in [3.8, 4) is 11.5 Å². The fourth-order valence-corrected chi connectivity index (χ4v) is 5.97. The second-order valence-corrected chi connectivity index (χ2v) is 13.1. The molecule has 0 saturated carbocycles. The van der Waals surface area contributed by atoms with Crippen molar-refractivity contribution in [2.24, 2.45) is 17.8 Å². The molecule has 0 aliphatic carbocycles. The zero-order valence-electron chi connectivity index (χ0n) is 25.9. The van der Waals surface area contributed by atoms with Crippen molar-refractivity contribution in [2.75, 3.05) is 6.61 Å². The monoisotopic (exact) mass is 514 g/mol. The Morgan fingerprint density at radius 3 is 2.05 bits per heavy atom. The molecule has 3 atom stereocenters. The summed E-state index contributed by atoms with van der Waals surface area (Å²) >= 11 is 0. The van der Waals surface area contributed by atoms with Crippen molar-refractivity contribution >= 4 is 5.78 Å². The summed E-state index contributed by atoms with van der Waals surface area (Å²) in [5.74, 6) is 4.84. The molecule has 0 spiro atoms. The number of hydrogen-bond acceptors (Lipinski definition) is 3. The van der Waals surface area contributed by atoms with Gasteiger partial charge in [0.2, 0.25) is 0 Å². The molecular weight excluding hydrogens is 456 g/mol. The van der Waals surface area contributed by atoms with Gasteiger partial charge in [-0.25, -0.2) is 0 Å². The minimum Gasteiger partial charge on any atom is -0.493 e. The van der Waals surface area contributed by atoms with E-state index in [0.717, 1.165) is 54.9 Å². The second-order valence-electron chi connectivity index (χ2n) is 13.1. The zero-order valence-corrected chi connectivity index (χ0v) is 25.9. The van der Waals surface area contributed by atoms with Crippen LogP contribution in [0.15, 0.2) is 0 Å². The van der Waals surface area contributed by atoms with Crippen molar-refractivity contribution in [1.82, 2.24) is 0 Å². The molecule has 0 unspecified atom stereocenters. The summed E-state index contributed by atoms with van der Waals surface area (Å²) in [5.41, 5.74) is 4.85. The molecule has 1 aliphatic rings. The Labute approximate surface area is 229 Å². The number of benzene rings is 1. The van der Waals surface area contributed by atoms with E-state index in [-0.39, 0.29) is 11.4 Å². The molecule has 1 aromatic carbocycles. The van der Waals surface area contributed by atoms with Gasteiger partial charge in [-0.15, -0.1) is 0 Å². The Morgan fingerprint density at radius 2 is 1.46 bits per heavy atom. The van der Waals surface area contributed by atoms with E-state index in [4.69, 9.17) is 9.47 Å². The van der Waals surface area contributed by atoms with E-state index in [1.165, 1.54) is 73.6 Å². The molecule has 0 radical (unpaired) electrons. The molecule has 0 amide bonds. The lowest BCUT2D eigenvalue weighted by Crippen LogP contribution is -2.37. The molecule has 0 fully saturated rings. The van der Waals surface area contributed by atoms with Gasteiger partial charge in [0.1, 0.15) is 22.9 Å². The Kier molecular flexibility index (Phi) is 13.0. The lowest BCUT2D eigenvalue weighted by Gasteiger charge is -2.38. The Bertz CT molecular complexity index is 855. The predicted octanol–water partition coefficient (Wildman–Crippen LogP) is 9.88. The highest BCUT2D eigenvalue weighted by molar-refractivity contribution is 5.75. The fourth-order valence-electron chi connectivity index (χ4n) is 5.97. The number of rotatable bonds is 17. The van der Waals surface area contributed by atoms with Crippen LogP contribution in [-0.4, -0.2) is 18.0 Å². The first-order chi connectivity index (χ1) is 17.4. The van der Waals surface area contributed by atoms with E-state index < -0.39 is 0 Å². The average Bonchev–Trinajstić information content (AvgIpc) is 2.81. The van der Waals surface area contributed by atoms with Crippen molar-refractivity contribution in [1.29, 1.82) is 0 Å². The number of ether oxygens (including phenoxy) is 2. The lowest BCUT2D eigenvalue weighted by atomic mass is 9.83. The Hall–Kier alpha value is -1.51. The first kappa shape index (κ1) is 31.7. The first-order valence-electron chi connectivity index (χ1n) is 15.4. The summed E-state index contributed by atoms with van der Waals surface area (Å²) < 4.78 is 12.9. The van der Waals surface area contributed by atoms with Crippen LogP contribution in [0.2, 0.25) is 0 Å². The van der Waals surface area contributed by atoms with Crippen LogP contribution in [0.25, 0.3) is 0 Å². The predicted molar refractivity (Wildman–Crippen MR) is 158 cm³/mol. The highest BCUT2D eigenvalue weighted by Gasteiger charge is 2.34. The lowest BCUT2D eigenvalue weighted by molar-refractivity contribution is -0.117. The molecule has 0 aromatic heterocycles. The van der Waals surface area contributed by atoms with Crippen LogP contribution in [0.5, 0.6) is 11.5 Å². The molecule has 2 rings (SSSR count). The van der Waals surface area contributed by atoms with Gasteiger partial charge in [0.15, 0.2) is 0 Å². The highest BCUT2D eigenvalue weighted by Crippen LogP contribution is 2.45. The third-order valence-corrected chi connectivity index (χ3v) is 8.76. The Morgan fingerprint density at radius 1 is 0.865 bits per heavy atom. The van der Waals surface area contributed by atoms with Crippen LogP contribution in [0.3, 0.4) is 0 Å². The van der Waals surface area contributed by atoms with E-state index in [0.29, 0.717) is 13.0 Å². The van der Waals surface area contributed by atoms with Crippen molar-refractivity contribution in [3.05, 3.63) is 22.3 Å². The van der Waals surface area contributed by atoms with Gasteiger partial charge in [-0.1, -0.05) is 72.6 Å². The fraction of sp³-hybridized carbons (Fsp3) is 0.794. The molecule has 3 heteroatoms. The third-order valence-electron chi connectivity index (χ3n) is 8.76. The second kappa shape index (κ2) is 15.2. The summed E-state index contributed by atoms with van der Waals surface area (Å²) in [6.07, 6.45) is 15.4. The van der Waals surface area contributed by atoms with E-state index in [1.807, 2.05) is 0 Å². The van der Waals surface area contributed by atoms with Gasteiger partial charge in [0.25, 0.3) is 0 Å². The molecule has 1 aromatic rings. The van der Waals surface area contributed by atoms with Crippen molar-refractivity contribution < 1.29 is 14.3 Å². The number of ketones is 1. The topological polar surface area (TPSA) is 35.5 Å². The normalized spacial score (nSPS) is 18.9. The summed E-state index contributed by atoms with van der Waals surface area (Å²) in [4.78, 5) is 11.3. The standard InChI is InChI=1S/C34H58O3/c1-24(2)14-10-15-25(3)16-11-17-26(4)18-12-21-34(9)22-20-31-30(8)32(36-23-13-19-27(5)35)28(6)29(7)33(31)37-34/h24-26H,10-23H2,1-9H3/t25-,26-,34-/m1/s1. The summed E-state index contributed by atoms with van der Waals surface area (Å²) in [7, 11) is 0. The molecule has 0 N–H and O–H groups in total.